The second-order valence-electron chi connectivity index (χ2n) is 3.48. The Morgan fingerprint density at radius 1 is 1.25 bits per heavy atom. The van der Waals surface area contributed by atoms with Gasteiger partial charge in [-0.25, -0.2) is 17.9 Å². The number of nitrogens with one attached hydrogen (secondary N) is 2. The summed E-state index contributed by atoms with van der Waals surface area (Å²) in [6.45, 7) is 1.81. The molecule has 0 fully saturated rings. The van der Waals surface area contributed by atoms with Gasteiger partial charge in [0.1, 0.15) is 5.75 Å². The molecule has 0 aliphatic carbocycles. The van der Waals surface area contributed by atoms with Crippen LogP contribution in [0.25, 0.3) is 0 Å². The van der Waals surface area contributed by atoms with Crippen LogP contribution in [0, 0.1) is 0 Å². The molecule has 0 atom stereocenters. The summed E-state index contributed by atoms with van der Waals surface area (Å²) in [5.41, 5.74) is 0. The maximum atomic E-state index is 11.9. The third-order valence-electron chi connectivity index (χ3n) is 1.93. The van der Waals surface area contributed by atoms with Crippen molar-refractivity contribution in [1.82, 2.24) is 10.0 Å². The summed E-state index contributed by atoms with van der Waals surface area (Å²) in [6, 6.07) is 2.52. The molecule has 0 aliphatic rings. The minimum atomic E-state index is -4.86. The number of benzene rings is 1. The first kappa shape index (κ1) is 16.1. The van der Waals surface area contributed by atoms with Crippen LogP contribution in [0.1, 0.15) is 6.92 Å². The lowest BCUT2D eigenvalue weighted by molar-refractivity contribution is -0.274. The number of ether oxygens (including phenoxy) is 1. The van der Waals surface area contributed by atoms with E-state index in [2.05, 4.69) is 10.1 Å². The van der Waals surface area contributed by atoms with E-state index in [0.717, 1.165) is 24.3 Å². The lowest BCUT2D eigenvalue weighted by Crippen LogP contribution is -2.39. The van der Waals surface area contributed by atoms with Gasteiger partial charge in [0.25, 0.3) is 10.0 Å². The van der Waals surface area contributed by atoms with Crippen LogP contribution < -0.4 is 14.8 Å². The average molecular weight is 312 g/mol. The van der Waals surface area contributed by atoms with Gasteiger partial charge in [-0.15, -0.1) is 13.2 Å². The predicted molar refractivity (Wildman–Crippen MR) is 62.5 cm³/mol. The van der Waals surface area contributed by atoms with Gasteiger partial charge in [-0.2, -0.15) is 0 Å². The first-order valence-corrected chi connectivity index (χ1v) is 6.79. The van der Waals surface area contributed by atoms with Crippen molar-refractivity contribution < 1.29 is 31.1 Å². The van der Waals surface area contributed by atoms with Crippen LogP contribution in [0.15, 0.2) is 29.2 Å². The number of urea groups is 1. The maximum absolute atomic E-state index is 11.9. The highest BCUT2D eigenvalue weighted by Crippen LogP contribution is 2.23. The van der Waals surface area contributed by atoms with Crippen LogP contribution in [-0.2, 0) is 10.0 Å². The molecular formula is C10H11F3N2O4S. The fraction of sp³-hybridized carbons (Fsp3) is 0.300. The molecule has 0 saturated carbocycles. The normalized spacial score (nSPS) is 11.8. The summed E-state index contributed by atoms with van der Waals surface area (Å²) in [4.78, 5) is 10.7. The van der Waals surface area contributed by atoms with E-state index >= 15 is 0 Å². The Morgan fingerprint density at radius 3 is 2.25 bits per heavy atom. The third kappa shape index (κ3) is 4.96. The van der Waals surface area contributed by atoms with Gasteiger partial charge in [0, 0.05) is 6.54 Å². The number of hydrogen-bond acceptors (Lipinski definition) is 4. The monoisotopic (exact) mass is 312 g/mol. The molecule has 2 N–H and O–H groups in total. The number of hydrogen-bond donors (Lipinski definition) is 2. The molecule has 1 rings (SSSR count). The summed E-state index contributed by atoms with van der Waals surface area (Å²) in [5.74, 6) is -0.561. The molecule has 0 aromatic heterocycles. The highest BCUT2D eigenvalue weighted by atomic mass is 32.2. The fourth-order valence-electron chi connectivity index (χ4n) is 1.20. The van der Waals surface area contributed by atoms with Gasteiger partial charge in [-0.1, -0.05) is 0 Å². The van der Waals surface area contributed by atoms with Crippen molar-refractivity contribution in [2.24, 2.45) is 0 Å². The van der Waals surface area contributed by atoms with Gasteiger partial charge in [0.05, 0.1) is 4.90 Å². The zero-order valence-electron chi connectivity index (χ0n) is 10.2. The van der Waals surface area contributed by atoms with Crippen molar-refractivity contribution in [2.75, 3.05) is 6.54 Å². The molecule has 0 aliphatic heterocycles. The van der Waals surface area contributed by atoms with E-state index < -0.39 is 28.2 Å². The lowest BCUT2D eigenvalue weighted by atomic mass is 10.3. The molecular weight excluding hydrogens is 301 g/mol. The molecule has 0 radical (unpaired) electrons. The molecule has 0 spiro atoms. The predicted octanol–water partition coefficient (Wildman–Crippen LogP) is 1.59. The Bertz CT molecular complexity index is 569. The molecule has 10 heteroatoms. The Morgan fingerprint density at radius 2 is 1.80 bits per heavy atom. The van der Waals surface area contributed by atoms with Gasteiger partial charge in [-0.3, -0.25) is 0 Å². The van der Waals surface area contributed by atoms with Crippen LogP contribution in [0.2, 0.25) is 0 Å². The highest BCUT2D eigenvalue weighted by Gasteiger charge is 2.31. The molecule has 0 unspecified atom stereocenters. The van der Waals surface area contributed by atoms with E-state index in [1.807, 2.05) is 0 Å². The number of carbonyl (C=O) groups excluding carboxylic acids is 1. The summed E-state index contributed by atoms with van der Waals surface area (Å²) >= 11 is 0. The lowest BCUT2D eigenvalue weighted by Gasteiger charge is -2.10. The van der Waals surface area contributed by atoms with Crippen molar-refractivity contribution in [3.8, 4) is 5.75 Å². The van der Waals surface area contributed by atoms with Crippen LogP contribution in [0.3, 0.4) is 0 Å². The summed E-state index contributed by atoms with van der Waals surface area (Å²) in [5, 5.41) is 2.21. The van der Waals surface area contributed by atoms with E-state index in [1.165, 1.54) is 0 Å². The molecule has 0 heterocycles. The summed E-state index contributed by atoms with van der Waals surface area (Å²) in [7, 11) is -4.14. The number of amides is 2. The zero-order chi connectivity index (χ0) is 15.4. The molecule has 6 nitrogen and oxygen atoms in total. The van der Waals surface area contributed by atoms with Crippen molar-refractivity contribution in [1.29, 1.82) is 0 Å². The second-order valence-corrected chi connectivity index (χ2v) is 5.17. The van der Waals surface area contributed by atoms with E-state index in [-0.39, 0.29) is 11.4 Å². The van der Waals surface area contributed by atoms with Gasteiger partial charge >= 0.3 is 12.4 Å². The van der Waals surface area contributed by atoms with Gasteiger partial charge in [0.15, 0.2) is 0 Å². The van der Waals surface area contributed by atoms with Crippen molar-refractivity contribution in [3.63, 3.8) is 0 Å². The number of halogens is 3. The number of carbonyl (C=O) groups is 1. The van der Waals surface area contributed by atoms with Crippen LogP contribution >= 0.6 is 0 Å². The van der Waals surface area contributed by atoms with Gasteiger partial charge in [-0.05, 0) is 31.2 Å². The van der Waals surface area contributed by atoms with Crippen LogP contribution in [0.4, 0.5) is 18.0 Å². The molecule has 1 aromatic carbocycles. The number of alkyl halides is 3. The van der Waals surface area contributed by atoms with E-state index in [9.17, 15) is 26.4 Å². The third-order valence-corrected chi connectivity index (χ3v) is 3.28. The van der Waals surface area contributed by atoms with Crippen molar-refractivity contribution in [3.05, 3.63) is 24.3 Å². The Labute approximate surface area is 113 Å². The first-order valence-electron chi connectivity index (χ1n) is 5.30. The summed E-state index contributed by atoms with van der Waals surface area (Å²) < 4.78 is 64.4. The van der Waals surface area contributed by atoms with E-state index in [4.69, 9.17) is 0 Å². The van der Waals surface area contributed by atoms with Crippen LogP contribution in [-0.4, -0.2) is 27.4 Å². The Hall–Kier alpha value is -1.97. The standard InChI is InChI=1S/C10H11F3N2O4S/c1-2-14-9(16)15-20(17,18)8-5-3-7(4-6-8)19-10(11,12)13/h3-6H,2H2,1H3,(H2,14,15,16). The molecule has 112 valence electrons. The quantitative estimate of drug-likeness (QED) is 0.884. The summed E-state index contributed by atoms with van der Waals surface area (Å²) in [6.07, 6.45) is -4.86. The number of rotatable bonds is 4. The Balaban J connectivity index is 2.84. The fourth-order valence-corrected chi connectivity index (χ4v) is 2.13. The van der Waals surface area contributed by atoms with Crippen molar-refractivity contribution in [2.45, 2.75) is 18.2 Å². The highest BCUT2D eigenvalue weighted by molar-refractivity contribution is 7.90. The van der Waals surface area contributed by atoms with Crippen LogP contribution in [0.5, 0.6) is 5.75 Å². The minimum Gasteiger partial charge on any atom is -0.406 e. The molecule has 20 heavy (non-hydrogen) atoms. The topological polar surface area (TPSA) is 84.5 Å². The molecule has 1 aromatic rings. The smallest absolute Gasteiger partial charge is 0.406 e. The molecule has 0 saturated heterocycles. The SMILES string of the molecule is CCNC(=O)NS(=O)(=O)c1ccc(OC(F)(F)F)cc1. The van der Waals surface area contributed by atoms with E-state index in [1.54, 1.807) is 11.6 Å². The maximum Gasteiger partial charge on any atom is 0.573 e. The largest absolute Gasteiger partial charge is 0.573 e. The van der Waals surface area contributed by atoms with E-state index in [0.29, 0.717) is 0 Å². The zero-order valence-corrected chi connectivity index (χ0v) is 11.0. The Kier molecular flexibility index (Phi) is 4.82. The first-order chi connectivity index (χ1) is 9.14. The average Bonchev–Trinajstić information content (AvgIpc) is 2.26. The van der Waals surface area contributed by atoms with Gasteiger partial charge in [0.2, 0.25) is 0 Å². The number of sulfonamides is 1. The van der Waals surface area contributed by atoms with Gasteiger partial charge < -0.3 is 10.1 Å². The minimum absolute atomic E-state index is 0.222. The molecule has 2 amide bonds. The molecule has 0 bridgehead atoms. The second kappa shape index (κ2) is 5.99. The van der Waals surface area contributed by atoms with Crippen molar-refractivity contribution >= 4 is 16.1 Å².